The molecule has 132 valence electrons. The van der Waals surface area contributed by atoms with Crippen molar-refractivity contribution in [3.8, 4) is 5.88 Å². The highest BCUT2D eigenvalue weighted by Crippen LogP contribution is 2.18. The zero-order chi connectivity index (χ0) is 18.4. The van der Waals surface area contributed by atoms with Crippen molar-refractivity contribution in [2.45, 2.75) is 13.5 Å². The van der Waals surface area contributed by atoms with Gasteiger partial charge in [0.25, 0.3) is 5.91 Å². The molecule has 0 fully saturated rings. The van der Waals surface area contributed by atoms with Gasteiger partial charge in [-0.25, -0.2) is 9.97 Å². The highest BCUT2D eigenvalue weighted by atomic mass is 32.1. The third-order valence-electron chi connectivity index (χ3n) is 3.24. The fourth-order valence-corrected chi connectivity index (χ4v) is 2.79. The van der Waals surface area contributed by atoms with Gasteiger partial charge < -0.3 is 15.4 Å². The average molecular weight is 368 g/mol. The Hall–Kier alpha value is -3.26. The molecule has 0 spiro atoms. The van der Waals surface area contributed by atoms with Crippen LogP contribution in [-0.4, -0.2) is 21.8 Å². The SMILES string of the molecule is CC(=O)Nc1nc(C(=O)Nc2ccc(OCc3ccccc3)nc2)cs1. The molecule has 3 aromatic rings. The number of hydrogen-bond acceptors (Lipinski definition) is 6. The fourth-order valence-electron chi connectivity index (χ4n) is 2.05. The first-order valence-electron chi connectivity index (χ1n) is 7.77. The highest BCUT2D eigenvalue weighted by Gasteiger charge is 2.12. The van der Waals surface area contributed by atoms with Crippen molar-refractivity contribution in [1.29, 1.82) is 0 Å². The number of amides is 2. The summed E-state index contributed by atoms with van der Waals surface area (Å²) in [5, 5.41) is 7.19. The quantitative estimate of drug-likeness (QED) is 0.696. The van der Waals surface area contributed by atoms with Gasteiger partial charge in [-0.1, -0.05) is 30.3 Å². The highest BCUT2D eigenvalue weighted by molar-refractivity contribution is 7.14. The van der Waals surface area contributed by atoms with Crippen LogP contribution in [0.15, 0.2) is 54.0 Å². The number of pyridine rings is 1. The molecule has 0 aliphatic carbocycles. The lowest BCUT2D eigenvalue weighted by molar-refractivity contribution is -0.114. The van der Waals surface area contributed by atoms with Gasteiger partial charge in [-0.2, -0.15) is 0 Å². The van der Waals surface area contributed by atoms with E-state index in [9.17, 15) is 9.59 Å². The number of rotatable bonds is 6. The smallest absolute Gasteiger partial charge is 0.275 e. The maximum Gasteiger partial charge on any atom is 0.275 e. The van der Waals surface area contributed by atoms with E-state index in [0.717, 1.165) is 5.56 Å². The van der Waals surface area contributed by atoms with Crippen LogP contribution < -0.4 is 15.4 Å². The molecule has 0 bridgehead atoms. The number of aromatic nitrogens is 2. The Labute approximate surface area is 154 Å². The van der Waals surface area contributed by atoms with Crippen LogP contribution in [0.3, 0.4) is 0 Å². The standard InChI is InChI=1S/C18H16N4O3S/c1-12(23)20-18-22-15(11-26-18)17(24)21-14-7-8-16(19-9-14)25-10-13-5-3-2-4-6-13/h2-9,11H,10H2,1H3,(H,21,24)(H,20,22,23). The van der Waals surface area contributed by atoms with Gasteiger partial charge >= 0.3 is 0 Å². The van der Waals surface area contributed by atoms with Crippen molar-refractivity contribution in [1.82, 2.24) is 9.97 Å². The first-order valence-corrected chi connectivity index (χ1v) is 8.65. The number of carbonyl (C=O) groups excluding carboxylic acids is 2. The van der Waals surface area contributed by atoms with Gasteiger partial charge in [-0.15, -0.1) is 11.3 Å². The monoisotopic (exact) mass is 368 g/mol. The first-order chi connectivity index (χ1) is 12.6. The number of hydrogen-bond donors (Lipinski definition) is 2. The molecule has 0 unspecified atom stereocenters. The minimum Gasteiger partial charge on any atom is -0.473 e. The van der Waals surface area contributed by atoms with E-state index in [2.05, 4.69) is 20.6 Å². The maximum absolute atomic E-state index is 12.2. The first kappa shape index (κ1) is 17.6. The lowest BCUT2D eigenvalue weighted by Gasteiger charge is -2.07. The van der Waals surface area contributed by atoms with E-state index in [0.29, 0.717) is 23.3 Å². The topological polar surface area (TPSA) is 93.2 Å². The largest absolute Gasteiger partial charge is 0.473 e. The lowest BCUT2D eigenvalue weighted by atomic mass is 10.2. The molecule has 8 heteroatoms. The molecular weight excluding hydrogens is 352 g/mol. The minimum absolute atomic E-state index is 0.225. The maximum atomic E-state index is 12.2. The molecule has 2 heterocycles. The molecule has 26 heavy (non-hydrogen) atoms. The van der Waals surface area contributed by atoms with Crippen LogP contribution in [0.5, 0.6) is 5.88 Å². The molecule has 1 aromatic carbocycles. The molecule has 2 N–H and O–H groups in total. The number of nitrogens with one attached hydrogen (secondary N) is 2. The van der Waals surface area contributed by atoms with E-state index in [1.54, 1.807) is 17.5 Å². The number of benzene rings is 1. The summed E-state index contributed by atoms with van der Waals surface area (Å²) in [5.74, 6) is -0.146. The Morgan fingerprint density at radius 3 is 2.62 bits per heavy atom. The Bertz CT molecular complexity index is 894. The van der Waals surface area contributed by atoms with Crippen molar-refractivity contribution in [3.05, 3.63) is 65.3 Å². The Morgan fingerprint density at radius 1 is 1.12 bits per heavy atom. The minimum atomic E-state index is -0.377. The summed E-state index contributed by atoms with van der Waals surface area (Å²) >= 11 is 1.18. The summed E-state index contributed by atoms with van der Waals surface area (Å²) in [5.41, 5.74) is 1.80. The molecule has 0 atom stereocenters. The van der Waals surface area contributed by atoms with Crippen LogP contribution in [0.1, 0.15) is 23.0 Å². The van der Waals surface area contributed by atoms with Crippen molar-refractivity contribution >= 4 is 34.0 Å². The molecule has 7 nitrogen and oxygen atoms in total. The number of anilines is 2. The lowest BCUT2D eigenvalue weighted by Crippen LogP contribution is -2.13. The van der Waals surface area contributed by atoms with Gasteiger partial charge in [0.1, 0.15) is 12.3 Å². The molecule has 0 radical (unpaired) electrons. The van der Waals surface area contributed by atoms with E-state index < -0.39 is 0 Å². The van der Waals surface area contributed by atoms with Crippen LogP contribution in [0.2, 0.25) is 0 Å². The molecule has 0 aliphatic heterocycles. The normalized spacial score (nSPS) is 10.2. The third kappa shape index (κ3) is 4.87. The van der Waals surface area contributed by atoms with Gasteiger partial charge in [-0.05, 0) is 11.6 Å². The van der Waals surface area contributed by atoms with Gasteiger partial charge in [0.2, 0.25) is 11.8 Å². The summed E-state index contributed by atoms with van der Waals surface area (Å²) in [6.07, 6.45) is 1.51. The van der Waals surface area contributed by atoms with Crippen LogP contribution >= 0.6 is 11.3 Å². The van der Waals surface area contributed by atoms with Crippen LogP contribution in [0, 0.1) is 0 Å². The van der Waals surface area contributed by atoms with E-state index >= 15 is 0 Å². The van der Waals surface area contributed by atoms with Crippen molar-refractivity contribution in [2.75, 3.05) is 10.6 Å². The average Bonchev–Trinajstić information content (AvgIpc) is 3.10. The molecule has 3 rings (SSSR count). The second-order valence-corrected chi connectivity index (χ2v) is 6.19. The fraction of sp³-hybridized carbons (Fsp3) is 0.111. The Balaban J connectivity index is 1.55. The predicted octanol–water partition coefficient (Wildman–Crippen LogP) is 3.33. The number of nitrogens with zero attached hydrogens (tertiary/aromatic N) is 2. The number of thiazole rings is 1. The zero-order valence-corrected chi connectivity index (χ0v) is 14.7. The summed E-state index contributed by atoms with van der Waals surface area (Å²) < 4.78 is 5.60. The molecular formula is C18H16N4O3S. The summed E-state index contributed by atoms with van der Waals surface area (Å²) in [6, 6.07) is 13.2. The second kappa shape index (κ2) is 8.21. The van der Waals surface area contributed by atoms with Crippen molar-refractivity contribution in [2.24, 2.45) is 0 Å². The van der Waals surface area contributed by atoms with E-state index in [1.807, 2.05) is 30.3 Å². The van der Waals surface area contributed by atoms with Crippen LogP contribution in [-0.2, 0) is 11.4 Å². The second-order valence-electron chi connectivity index (χ2n) is 5.33. The van der Waals surface area contributed by atoms with Gasteiger partial charge in [-0.3, -0.25) is 9.59 Å². The summed E-state index contributed by atoms with van der Waals surface area (Å²) in [6.45, 7) is 1.80. The molecule has 2 aromatic heterocycles. The zero-order valence-electron chi connectivity index (χ0n) is 13.9. The number of carbonyl (C=O) groups is 2. The Kier molecular flexibility index (Phi) is 5.55. The van der Waals surface area contributed by atoms with Crippen LogP contribution in [0.25, 0.3) is 0 Å². The molecule has 0 saturated carbocycles. The summed E-state index contributed by atoms with van der Waals surface area (Å²) in [4.78, 5) is 31.4. The van der Waals surface area contributed by atoms with Crippen molar-refractivity contribution < 1.29 is 14.3 Å². The van der Waals surface area contributed by atoms with E-state index in [4.69, 9.17) is 4.74 Å². The molecule has 0 saturated heterocycles. The predicted molar refractivity (Wildman–Crippen MR) is 99.4 cm³/mol. The third-order valence-corrected chi connectivity index (χ3v) is 4.00. The summed E-state index contributed by atoms with van der Waals surface area (Å²) in [7, 11) is 0. The van der Waals surface area contributed by atoms with Gasteiger partial charge in [0.15, 0.2) is 5.13 Å². The molecule has 0 aliphatic rings. The number of ether oxygens (including phenoxy) is 1. The van der Waals surface area contributed by atoms with Crippen molar-refractivity contribution in [3.63, 3.8) is 0 Å². The van der Waals surface area contributed by atoms with Gasteiger partial charge in [0, 0.05) is 18.4 Å². The van der Waals surface area contributed by atoms with Crippen LogP contribution in [0.4, 0.5) is 10.8 Å². The molecule has 2 amide bonds. The Morgan fingerprint density at radius 2 is 1.92 bits per heavy atom. The van der Waals surface area contributed by atoms with Gasteiger partial charge in [0.05, 0.1) is 11.9 Å². The van der Waals surface area contributed by atoms with E-state index in [1.165, 1.54) is 24.5 Å². The van der Waals surface area contributed by atoms with E-state index in [-0.39, 0.29) is 17.5 Å².